The molecule has 4 rings (SSSR count). The number of fused-ring (bicyclic) bond motifs is 1. The van der Waals surface area contributed by atoms with Gasteiger partial charge in [-0.2, -0.15) is 0 Å². The highest BCUT2D eigenvalue weighted by molar-refractivity contribution is 6.30. The number of methoxy groups -OCH3 is 1. The lowest BCUT2D eigenvalue weighted by Gasteiger charge is -2.34. The van der Waals surface area contributed by atoms with Crippen LogP contribution >= 0.6 is 11.6 Å². The molecule has 150 valence electrons. The number of urea groups is 1. The molecule has 1 unspecified atom stereocenters. The second-order valence-electron chi connectivity index (χ2n) is 7.20. The maximum atomic E-state index is 12.7. The third-order valence-corrected chi connectivity index (χ3v) is 5.57. The summed E-state index contributed by atoms with van der Waals surface area (Å²) >= 11 is 6.13. The van der Waals surface area contributed by atoms with E-state index in [9.17, 15) is 9.59 Å². The van der Waals surface area contributed by atoms with E-state index in [0.717, 1.165) is 25.1 Å². The van der Waals surface area contributed by atoms with E-state index in [1.165, 1.54) is 18.2 Å². The minimum atomic E-state index is -0.623. The minimum absolute atomic E-state index is 0.352. The standard InChI is InChI=1S/C22H22ClN3O3/c1-29-21(27)19-18(13-26-10-9-14-5-2-3-6-16(14)12-26)24-22(28)25-20(19)15-7-4-8-17(23)11-15/h2-8,11,20H,9-10,12-13H2,1H3,(H2,24,25,28). The minimum Gasteiger partial charge on any atom is -0.466 e. The molecule has 7 heteroatoms. The summed E-state index contributed by atoms with van der Waals surface area (Å²) in [5, 5.41) is 6.18. The van der Waals surface area contributed by atoms with Gasteiger partial charge in [-0.1, -0.05) is 48.0 Å². The number of hydrogen-bond donors (Lipinski definition) is 2. The van der Waals surface area contributed by atoms with Crippen LogP contribution in [0.2, 0.25) is 5.02 Å². The van der Waals surface area contributed by atoms with Crippen molar-refractivity contribution in [2.75, 3.05) is 20.2 Å². The van der Waals surface area contributed by atoms with Gasteiger partial charge in [0.25, 0.3) is 0 Å². The van der Waals surface area contributed by atoms with E-state index in [1.54, 1.807) is 18.2 Å². The Morgan fingerprint density at radius 1 is 1.21 bits per heavy atom. The van der Waals surface area contributed by atoms with Crippen LogP contribution in [0.5, 0.6) is 0 Å². The fraction of sp³-hybridized carbons (Fsp3) is 0.273. The molecule has 29 heavy (non-hydrogen) atoms. The van der Waals surface area contributed by atoms with Gasteiger partial charge in [-0.15, -0.1) is 0 Å². The molecule has 1 atom stereocenters. The zero-order chi connectivity index (χ0) is 20.4. The van der Waals surface area contributed by atoms with Crippen LogP contribution in [0, 0.1) is 0 Å². The fourth-order valence-electron chi connectivity index (χ4n) is 3.94. The summed E-state index contributed by atoms with van der Waals surface area (Å²) in [6.45, 7) is 2.06. The number of esters is 1. The molecule has 0 aliphatic carbocycles. The first-order chi connectivity index (χ1) is 14.0. The van der Waals surface area contributed by atoms with Gasteiger partial charge in [-0.05, 0) is 35.2 Å². The molecule has 2 amide bonds. The molecule has 6 nitrogen and oxygen atoms in total. The Morgan fingerprint density at radius 3 is 2.76 bits per heavy atom. The normalized spacial score (nSPS) is 19.2. The molecule has 2 aliphatic heterocycles. The molecule has 2 heterocycles. The maximum absolute atomic E-state index is 12.7. The molecule has 0 fully saturated rings. The molecule has 0 bridgehead atoms. The number of nitrogens with zero attached hydrogens (tertiary/aromatic N) is 1. The SMILES string of the molecule is COC(=O)C1=C(CN2CCc3ccccc3C2)NC(=O)NC1c1cccc(Cl)c1. The number of benzene rings is 2. The third-order valence-electron chi connectivity index (χ3n) is 5.33. The van der Waals surface area contributed by atoms with Crippen molar-refractivity contribution in [3.05, 3.63) is 81.5 Å². The van der Waals surface area contributed by atoms with Gasteiger partial charge in [0.05, 0.1) is 18.7 Å². The molecule has 0 radical (unpaired) electrons. The summed E-state index contributed by atoms with van der Waals surface area (Å²) in [5.74, 6) is -0.477. The van der Waals surface area contributed by atoms with Crippen LogP contribution in [0.4, 0.5) is 4.79 Å². The van der Waals surface area contributed by atoms with E-state index in [1.807, 2.05) is 12.1 Å². The Balaban J connectivity index is 1.68. The average Bonchev–Trinajstić information content (AvgIpc) is 2.73. The zero-order valence-electron chi connectivity index (χ0n) is 16.1. The quantitative estimate of drug-likeness (QED) is 0.758. The Kier molecular flexibility index (Phi) is 5.56. The zero-order valence-corrected chi connectivity index (χ0v) is 16.8. The van der Waals surface area contributed by atoms with Crippen LogP contribution in [0.15, 0.2) is 59.8 Å². The van der Waals surface area contributed by atoms with Crippen LogP contribution < -0.4 is 10.6 Å². The van der Waals surface area contributed by atoms with Gasteiger partial charge < -0.3 is 15.4 Å². The first kappa shape index (κ1) is 19.5. The van der Waals surface area contributed by atoms with Crippen LogP contribution in [0.1, 0.15) is 22.7 Å². The smallest absolute Gasteiger partial charge is 0.338 e. The van der Waals surface area contributed by atoms with E-state index in [-0.39, 0.29) is 6.03 Å². The Bertz CT molecular complexity index is 989. The van der Waals surface area contributed by atoms with Crippen molar-refractivity contribution in [2.24, 2.45) is 0 Å². The molecule has 0 saturated heterocycles. The van der Waals surface area contributed by atoms with Crippen LogP contribution in [0.25, 0.3) is 0 Å². The lowest BCUT2D eigenvalue weighted by Crippen LogP contribution is -2.48. The van der Waals surface area contributed by atoms with Gasteiger partial charge in [0.15, 0.2) is 0 Å². The number of carbonyl (C=O) groups excluding carboxylic acids is 2. The average molecular weight is 412 g/mol. The van der Waals surface area contributed by atoms with Gasteiger partial charge in [-0.25, -0.2) is 9.59 Å². The van der Waals surface area contributed by atoms with Gasteiger partial charge in [-0.3, -0.25) is 4.90 Å². The summed E-state index contributed by atoms with van der Waals surface area (Å²) in [6, 6.07) is 14.5. The van der Waals surface area contributed by atoms with Crippen molar-refractivity contribution in [1.82, 2.24) is 15.5 Å². The summed E-state index contributed by atoms with van der Waals surface area (Å²) < 4.78 is 5.04. The highest BCUT2D eigenvalue weighted by Gasteiger charge is 2.34. The number of halogens is 1. The first-order valence-corrected chi connectivity index (χ1v) is 9.86. The predicted octanol–water partition coefficient (Wildman–Crippen LogP) is 3.18. The number of ether oxygens (including phenoxy) is 1. The van der Waals surface area contributed by atoms with Crippen LogP contribution in [-0.4, -0.2) is 37.1 Å². The Hall–Kier alpha value is -2.83. The number of carbonyl (C=O) groups is 2. The van der Waals surface area contributed by atoms with Gasteiger partial charge in [0.1, 0.15) is 0 Å². The molecule has 0 aromatic heterocycles. The molecule has 0 spiro atoms. The second-order valence-corrected chi connectivity index (χ2v) is 7.64. The van der Waals surface area contributed by atoms with Crippen LogP contribution in [0.3, 0.4) is 0 Å². The molecule has 0 saturated carbocycles. The summed E-state index contributed by atoms with van der Waals surface area (Å²) in [5.41, 5.74) is 4.30. The van der Waals surface area contributed by atoms with Gasteiger partial charge in [0, 0.05) is 30.4 Å². The van der Waals surface area contributed by atoms with Crippen LogP contribution in [-0.2, 0) is 22.5 Å². The monoisotopic (exact) mass is 411 g/mol. The second kappa shape index (κ2) is 8.27. The van der Waals surface area contributed by atoms with E-state index in [4.69, 9.17) is 16.3 Å². The van der Waals surface area contributed by atoms with Gasteiger partial charge in [0.2, 0.25) is 0 Å². The highest BCUT2D eigenvalue weighted by Crippen LogP contribution is 2.30. The van der Waals surface area contributed by atoms with E-state index < -0.39 is 12.0 Å². The molecular formula is C22H22ClN3O3. The largest absolute Gasteiger partial charge is 0.466 e. The summed E-state index contributed by atoms with van der Waals surface area (Å²) in [7, 11) is 1.34. The van der Waals surface area contributed by atoms with Crippen molar-refractivity contribution in [3.63, 3.8) is 0 Å². The van der Waals surface area contributed by atoms with Gasteiger partial charge >= 0.3 is 12.0 Å². The number of nitrogens with one attached hydrogen (secondary N) is 2. The number of rotatable bonds is 4. The van der Waals surface area contributed by atoms with Crippen molar-refractivity contribution in [1.29, 1.82) is 0 Å². The summed E-state index contributed by atoms with van der Waals surface area (Å²) in [6.07, 6.45) is 0.931. The van der Waals surface area contributed by atoms with E-state index >= 15 is 0 Å². The van der Waals surface area contributed by atoms with Crippen molar-refractivity contribution in [2.45, 2.75) is 19.0 Å². The molecule has 2 aromatic rings. The maximum Gasteiger partial charge on any atom is 0.338 e. The van der Waals surface area contributed by atoms with Crippen molar-refractivity contribution >= 4 is 23.6 Å². The predicted molar refractivity (Wildman–Crippen MR) is 110 cm³/mol. The fourth-order valence-corrected chi connectivity index (χ4v) is 4.14. The molecule has 2 N–H and O–H groups in total. The molecular weight excluding hydrogens is 390 g/mol. The van der Waals surface area contributed by atoms with Crippen molar-refractivity contribution in [3.8, 4) is 0 Å². The number of amides is 2. The summed E-state index contributed by atoms with van der Waals surface area (Å²) in [4.78, 5) is 27.3. The molecule has 2 aliphatic rings. The highest BCUT2D eigenvalue weighted by atomic mass is 35.5. The lowest BCUT2D eigenvalue weighted by atomic mass is 9.94. The molecule has 2 aromatic carbocycles. The number of hydrogen-bond acceptors (Lipinski definition) is 4. The third kappa shape index (κ3) is 4.13. The topological polar surface area (TPSA) is 70.7 Å². The van der Waals surface area contributed by atoms with E-state index in [2.05, 4.69) is 33.7 Å². The Morgan fingerprint density at radius 2 is 2.00 bits per heavy atom. The lowest BCUT2D eigenvalue weighted by molar-refractivity contribution is -0.136. The Labute approximate surface area is 174 Å². The first-order valence-electron chi connectivity index (χ1n) is 9.48. The van der Waals surface area contributed by atoms with E-state index in [0.29, 0.717) is 22.8 Å². The van der Waals surface area contributed by atoms with Crippen molar-refractivity contribution < 1.29 is 14.3 Å².